The van der Waals surface area contributed by atoms with E-state index in [9.17, 15) is 12.8 Å². The van der Waals surface area contributed by atoms with E-state index in [2.05, 4.69) is 0 Å². The summed E-state index contributed by atoms with van der Waals surface area (Å²) in [4.78, 5) is 2.04. The Morgan fingerprint density at radius 3 is 2.94 bits per heavy atom. The van der Waals surface area contributed by atoms with Crippen LogP contribution in [0, 0.1) is 5.82 Å². The summed E-state index contributed by atoms with van der Waals surface area (Å²) < 4.78 is 42.6. The van der Waals surface area contributed by atoms with Crippen LogP contribution in [0.15, 0.2) is 29.2 Å². The van der Waals surface area contributed by atoms with Crippen molar-refractivity contribution in [2.24, 2.45) is 0 Å². The number of sulfone groups is 1. The highest BCUT2D eigenvalue weighted by molar-refractivity contribution is 7.91. The van der Waals surface area contributed by atoms with E-state index < -0.39 is 15.7 Å². The Labute approximate surface area is 106 Å². The molecule has 1 unspecified atom stereocenters. The largest absolute Gasteiger partial charge is 0.374 e. The van der Waals surface area contributed by atoms with Gasteiger partial charge in [-0.2, -0.15) is 0 Å². The first-order valence-corrected chi connectivity index (χ1v) is 7.41. The molecule has 2 rings (SSSR count). The molecule has 0 N–H and O–H groups in total. The molecule has 0 aliphatic carbocycles. The first-order chi connectivity index (χ1) is 8.47. The zero-order chi connectivity index (χ0) is 13.2. The number of rotatable bonds is 3. The minimum absolute atomic E-state index is 0.0133. The SMILES string of the molecule is CN1CCOC(CS(=O)(=O)c2cccc(F)c2)C1. The van der Waals surface area contributed by atoms with Gasteiger partial charge in [-0.05, 0) is 25.2 Å². The molecule has 1 aromatic carbocycles. The lowest BCUT2D eigenvalue weighted by atomic mass is 10.3. The second-order valence-electron chi connectivity index (χ2n) is 4.49. The van der Waals surface area contributed by atoms with Gasteiger partial charge in [0, 0.05) is 13.1 Å². The number of likely N-dealkylation sites (N-methyl/N-ethyl adjacent to an activating group) is 1. The maximum absolute atomic E-state index is 13.0. The van der Waals surface area contributed by atoms with Gasteiger partial charge in [-0.3, -0.25) is 0 Å². The van der Waals surface area contributed by atoms with Crippen molar-refractivity contribution in [2.75, 3.05) is 32.5 Å². The van der Waals surface area contributed by atoms with E-state index >= 15 is 0 Å². The lowest BCUT2D eigenvalue weighted by molar-refractivity contribution is -0.00680. The summed E-state index contributed by atoms with van der Waals surface area (Å²) in [6.45, 7) is 1.91. The number of hydrogen-bond donors (Lipinski definition) is 0. The zero-order valence-electron chi connectivity index (χ0n) is 10.2. The highest BCUT2D eigenvalue weighted by Crippen LogP contribution is 2.16. The summed E-state index contributed by atoms with van der Waals surface area (Å²) in [6, 6.07) is 5.08. The number of morpholine rings is 1. The fraction of sp³-hybridized carbons (Fsp3) is 0.500. The van der Waals surface area contributed by atoms with Gasteiger partial charge in [0.1, 0.15) is 5.82 Å². The molecular weight excluding hydrogens is 257 g/mol. The monoisotopic (exact) mass is 273 g/mol. The van der Waals surface area contributed by atoms with Crippen molar-refractivity contribution in [3.05, 3.63) is 30.1 Å². The van der Waals surface area contributed by atoms with E-state index in [1.807, 2.05) is 11.9 Å². The number of nitrogens with zero attached hydrogens (tertiary/aromatic N) is 1. The lowest BCUT2D eigenvalue weighted by Crippen LogP contribution is -2.43. The van der Waals surface area contributed by atoms with Crippen LogP contribution in [0.4, 0.5) is 4.39 Å². The number of ether oxygens (including phenoxy) is 1. The second kappa shape index (κ2) is 5.34. The van der Waals surface area contributed by atoms with E-state index in [-0.39, 0.29) is 16.8 Å². The van der Waals surface area contributed by atoms with E-state index in [0.717, 1.165) is 12.6 Å². The van der Waals surface area contributed by atoms with Gasteiger partial charge in [0.25, 0.3) is 0 Å². The smallest absolute Gasteiger partial charge is 0.181 e. The van der Waals surface area contributed by atoms with Gasteiger partial charge in [0.05, 0.1) is 23.4 Å². The first kappa shape index (κ1) is 13.5. The van der Waals surface area contributed by atoms with Crippen LogP contribution in [0.25, 0.3) is 0 Å². The Bertz CT molecular complexity index is 518. The molecule has 1 fully saturated rings. The van der Waals surface area contributed by atoms with Gasteiger partial charge >= 0.3 is 0 Å². The maximum atomic E-state index is 13.0. The molecule has 1 heterocycles. The van der Waals surface area contributed by atoms with Crippen molar-refractivity contribution in [3.63, 3.8) is 0 Å². The zero-order valence-corrected chi connectivity index (χ0v) is 11.0. The molecule has 1 atom stereocenters. The van der Waals surface area contributed by atoms with Crippen LogP contribution < -0.4 is 0 Å². The fourth-order valence-electron chi connectivity index (χ4n) is 1.97. The van der Waals surface area contributed by atoms with Crippen LogP contribution in [0.3, 0.4) is 0 Å². The van der Waals surface area contributed by atoms with Crippen molar-refractivity contribution in [1.29, 1.82) is 0 Å². The molecule has 1 aromatic rings. The highest BCUT2D eigenvalue weighted by atomic mass is 32.2. The summed E-state index contributed by atoms with van der Waals surface area (Å²) in [5, 5.41) is 0. The molecule has 1 aliphatic rings. The molecule has 100 valence electrons. The van der Waals surface area contributed by atoms with E-state index in [4.69, 9.17) is 4.74 Å². The molecule has 0 amide bonds. The molecule has 0 saturated carbocycles. The summed E-state index contributed by atoms with van der Waals surface area (Å²) in [5.74, 6) is -0.654. The molecule has 18 heavy (non-hydrogen) atoms. The molecular formula is C12H16FNO3S. The third-order valence-corrected chi connectivity index (χ3v) is 4.69. The molecule has 0 bridgehead atoms. The third-order valence-electron chi connectivity index (χ3n) is 2.90. The number of benzene rings is 1. The van der Waals surface area contributed by atoms with Gasteiger partial charge < -0.3 is 9.64 Å². The summed E-state index contributed by atoms with van der Waals surface area (Å²) in [6.07, 6.45) is -0.350. The van der Waals surface area contributed by atoms with Crippen LogP contribution >= 0.6 is 0 Å². The van der Waals surface area contributed by atoms with Crippen molar-refractivity contribution >= 4 is 9.84 Å². The predicted octanol–water partition coefficient (Wildman–Crippen LogP) is 0.930. The third kappa shape index (κ3) is 3.28. The van der Waals surface area contributed by atoms with Crippen molar-refractivity contribution in [3.8, 4) is 0 Å². The Kier molecular flexibility index (Phi) is 3.99. The minimum Gasteiger partial charge on any atom is -0.374 e. The van der Waals surface area contributed by atoms with Gasteiger partial charge in [0.2, 0.25) is 0 Å². The Morgan fingerprint density at radius 1 is 1.50 bits per heavy atom. The van der Waals surface area contributed by atoms with Crippen LogP contribution in [-0.4, -0.2) is 51.9 Å². The molecule has 0 aromatic heterocycles. The predicted molar refractivity (Wildman–Crippen MR) is 65.7 cm³/mol. The lowest BCUT2D eigenvalue weighted by Gasteiger charge is -2.29. The first-order valence-electron chi connectivity index (χ1n) is 5.76. The molecule has 1 aliphatic heterocycles. The minimum atomic E-state index is -3.50. The van der Waals surface area contributed by atoms with E-state index in [0.29, 0.717) is 13.2 Å². The standard InChI is InChI=1S/C12H16FNO3S/c1-14-5-6-17-11(8-14)9-18(15,16)12-4-2-3-10(13)7-12/h2-4,7,11H,5-6,8-9H2,1H3. The summed E-state index contributed by atoms with van der Waals surface area (Å²) >= 11 is 0. The normalized spacial score (nSPS) is 22.0. The average Bonchev–Trinajstić information content (AvgIpc) is 2.28. The average molecular weight is 273 g/mol. The molecule has 4 nitrogen and oxygen atoms in total. The Hall–Kier alpha value is -0.980. The van der Waals surface area contributed by atoms with Gasteiger partial charge in [-0.15, -0.1) is 0 Å². The quantitative estimate of drug-likeness (QED) is 0.822. The number of halogens is 1. The van der Waals surface area contributed by atoms with E-state index in [1.165, 1.54) is 18.2 Å². The van der Waals surface area contributed by atoms with Crippen molar-refractivity contribution in [2.45, 2.75) is 11.0 Å². The molecule has 0 radical (unpaired) electrons. The topological polar surface area (TPSA) is 46.6 Å². The van der Waals surface area contributed by atoms with Crippen LogP contribution in [0.2, 0.25) is 0 Å². The van der Waals surface area contributed by atoms with Gasteiger partial charge in [0.15, 0.2) is 9.84 Å². The molecule has 0 spiro atoms. The van der Waals surface area contributed by atoms with Crippen LogP contribution in [0.1, 0.15) is 0 Å². The van der Waals surface area contributed by atoms with Gasteiger partial charge in [-0.25, -0.2) is 12.8 Å². The highest BCUT2D eigenvalue weighted by Gasteiger charge is 2.25. The maximum Gasteiger partial charge on any atom is 0.181 e. The van der Waals surface area contributed by atoms with Gasteiger partial charge in [-0.1, -0.05) is 6.07 Å². The summed E-state index contributed by atoms with van der Waals surface area (Å²) in [5.41, 5.74) is 0. The fourth-order valence-corrected chi connectivity index (χ4v) is 3.43. The van der Waals surface area contributed by atoms with Crippen molar-refractivity contribution in [1.82, 2.24) is 4.90 Å². The van der Waals surface area contributed by atoms with Crippen LogP contribution in [0.5, 0.6) is 0 Å². The second-order valence-corrected chi connectivity index (χ2v) is 6.53. The Morgan fingerprint density at radius 2 is 2.28 bits per heavy atom. The molecule has 6 heteroatoms. The number of hydrogen-bond acceptors (Lipinski definition) is 4. The van der Waals surface area contributed by atoms with Crippen molar-refractivity contribution < 1.29 is 17.5 Å². The van der Waals surface area contributed by atoms with Crippen LogP contribution in [-0.2, 0) is 14.6 Å². The van der Waals surface area contributed by atoms with E-state index in [1.54, 1.807) is 0 Å². The summed E-state index contributed by atoms with van der Waals surface area (Å²) in [7, 11) is -1.58. The molecule has 1 saturated heterocycles. The Balaban J connectivity index is 2.12.